The molecule has 0 aliphatic heterocycles. The fraction of sp³-hybridized carbons (Fsp3) is 0.286. The zero-order chi connectivity index (χ0) is 20.1. The van der Waals surface area contributed by atoms with Gasteiger partial charge in [0.25, 0.3) is 0 Å². The number of carbonyl (C=O) groups is 1. The molecule has 1 amide bonds. The van der Waals surface area contributed by atoms with Gasteiger partial charge in [0.05, 0.1) is 13.7 Å². The third kappa shape index (κ3) is 5.07. The van der Waals surface area contributed by atoms with E-state index < -0.39 is 0 Å². The Bertz CT molecular complexity index is 971. The average Bonchev–Trinajstić information content (AvgIpc) is 3.13. The highest BCUT2D eigenvalue weighted by atomic mass is 32.1. The van der Waals surface area contributed by atoms with Crippen molar-refractivity contribution in [2.24, 2.45) is 0 Å². The number of rotatable bonds is 7. The van der Waals surface area contributed by atoms with Gasteiger partial charge in [-0.2, -0.15) is 4.37 Å². The van der Waals surface area contributed by atoms with Crippen LogP contribution in [0.4, 0.5) is 10.8 Å². The summed E-state index contributed by atoms with van der Waals surface area (Å²) >= 11 is 1.29. The molecule has 6 nitrogen and oxygen atoms in total. The average molecular weight is 397 g/mol. The highest BCUT2D eigenvalue weighted by Gasteiger charge is 2.13. The summed E-state index contributed by atoms with van der Waals surface area (Å²) in [5, 5.41) is 3.65. The minimum atomic E-state index is -0.0877. The van der Waals surface area contributed by atoms with Crippen LogP contribution >= 0.6 is 11.5 Å². The molecule has 0 bridgehead atoms. The van der Waals surface area contributed by atoms with Crippen molar-refractivity contribution in [1.29, 1.82) is 0 Å². The number of aryl methyl sites for hydroxylation is 2. The fourth-order valence-corrected chi connectivity index (χ4v) is 3.38. The lowest BCUT2D eigenvalue weighted by atomic mass is 10.1. The van der Waals surface area contributed by atoms with Gasteiger partial charge in [-0.1, -0.05) is 18.2 Å². The van der Waals surface area contributed by atoms with E-state index in [2.05, 4.69) is 14.7 Å². The number of nitrogens with zero attached hydrogens (tertiary/aromatic N) is 3. The lowest BCUT2D eigenvalue weighted by molar-refractivity contribution is -0.114. The molecule has 146 valence electrons. The van der Waals surface area contributed by atoms with Gasteiger partial charge in [0.15, 0.2) is 0 Å². The number of ether oxygens (including phenoxy) is 1. The molecule has 0 atom stereocenters. The Hall–Kier alpha value is -2.93. The van der Waals surface area contributed by atoms with Crippen LogP contribution in [-0.2, 0) is 11.2 Å². The molecule has 2 aromatic carbocycles. The maximum atomic E-state index is 12.4. The first-order valence-corrected chi connectivity index (χ1v) is 9.75. The van der Waals surface area contributed by atoms with E-state index in [1.807, 2.05) is 68.3 Å². The zero-order valence-electron chi connectivity index (χ0n) is 16.5. The van der Waals surface area contributed by atoms with Gasteiger partial charge in [0, 0.05) is 30.7 Å². The maximum absolute atomic E-state index is 12.4. The third-order valence-electron chi connectivity index (χ3n) is 4.45. The molecule has 0 saturated carbocycles. The van der Waals surface area contributed by atoms with Crippen molar-refractivity contribution >= 4 is 28.3 Å². The van der Waals surface area contributed by atoms with Crippen molar-refractivity contribution in [3.05, 3.63) is 65.0 Å². The molecule has 3 rings (SSSR count). The normalized spacial score (nSPS) is 10.6. The Morgan fingerprint density at radius 2 is 2.00 bits per heavy atom. The van der Waals surface area contributed by atoms with Crippen molar-refractivity contribution in [3.8, 4) is 5.75 Å². The summed E-state index contributed by atoms with van der Waals surface area (Å²) in [5.74, 6) is 1.46. The van der Waals surface area contributed by atoms with Crippen LogP contribution in [-0.4, -0.2) is 36.0 Å². The Morgan fingerprint density at radius 1 is 1.18 bits per heavy atom. The minimum absolute atomic E-state index is 0.0877. The molecule has 0 aliphatic rings. The number of aromatic nitrogens is 2. The molecule has 0 saturated heterocycles. The van der Waals surface area contributed by atoms with E-state index in [0.29, 0.717) is 11.6 Å². The Morgan fingerprint density at radius 3 is 2.75 bits per heavy atom. The number of anilines is 2. The molecule has 0 unspecified atom stereocenters. The summed E-state index contributed by atoms with van der Waals surface area (Å²) in [6.45, 7) is 4.29. The van der Waals surface area contributed by atoms with Gasteiger partial charge in [-0.3, -0.25) is 4.79 Å². The van der Waals surface area contributed by atoms with E-state index in [4.69, 9.17) is 4.74 Å². The van der Waals surface area contributed by atoms with Crippen molar-refractivity contribution in [2.45, 2.75) is 20.3 Å². The van der Waals surface area contributed by atoms with E-state index in [9.17, 15) is 4.79 Å². The number of hydrogen-bond acceptors (Lipinski definition) is 6. The number of nitrogens with one attached hydrogen (secondary N) is 1. The van der Waals surface area contributed by atoms with Crippen LogP contribution in [0, 0.1) is 13.8 Å². The second kappa shape index (κ2) is 8.84. The number of carbonyl (C=O) groups excluding carboxylic acids is 1. The first-order valence-electron chi connectivity index (χ1n) is 8.98. The summed E-state index contributed by atoms with van der Waals surface area (Å²) in [5.41, 5.74) is 4.24. The summed E-state index contributed by atoms with van der Waals surface area (Å²) in [7, 11) is 3.49. The summed E-state index contributed by atoms with van der Waals surface area (Å²) in [6, 6.07) is 13.7. The fourth-order valence-electron chi connectivity index (χ4n) is 2.74. The van der Waals surface area contributed by atoms with Crippen molar-refractivity contribution in [1.82, 2.24) is 9.36 Å². The molecule has 1 aromatic heterocycles. The molecule has 7 heteroatoms. The highest BCUT2D eigenvalue weighted by Crippen LogP contribution is 2.20. The van der Waals surface area contributed by atoms with E-state index in [1.54, 1.807) is 7.11 Å². The summed E-state index contributed by atoms with van der Waals surface area (Å²) < 4.78 is 9.67. The lowest BCUT2D eigenvalue weighted by Gasteiger charge is -2.15. The smallest absolute Gasteiger partial charge is 0.243 e. The van der Waals surface area contributed by atoms with Gasteiger partial charge in [-0.05, 0) is 54.8 Å². The molecule has 0 aliphatic carbocycles. The first kappa shape index (κ1) is 19.8. The Labute approximate surface area is 169 Å². The second-order valence-corrected chi connectivity index (χ2v) is 7.46. The van der Waals surface area contributed by atoms with Gasteiger partial charge in [-0.15, -0.1) is 0 Å². The van der Waals surface area contributed by atoms with Crippen molar-refractivity contribution in [2.75, 3.05) is 30.9 Å². The highest BCUT2D eigenvalue weighted by molar-refractivity contribution is 7.09. The quantitative estimate of drug-likeness (QED) is 0.657. The van der Waals surface area contributed by atoms with Gasteiger partial charge >= 0.3 is 0 Å². The van der Waals surface area contributed by atoms with Crippen molar-refractivity contribution < 1.29 is 9.53 Å². The van der Waals surface area contributed by atoms with E-state index in [-0.39, 0.29) is 12.5 Å². The number of likely N-dealkylation sites (N-methyl/N-ethyl adjacent to an activating group) is 1. The lowest BCUT2D eigenvalue weighted by Crippen LogP contribution is -2.30. The van der Waals surface area contributed by atoms with Gasteiger partial charge in [0.2, 0.25) is 11.0 Å². The van der Waals surface area contributed by atoms with Crippen LogP contribution in [0.5, 0.6) is 5.75 Å². The topological polar surface area (TPSA) is 67.3 Å². The third-order valence-corrected chi connectivity index (χ3v) is 5.32. The second-order valence-electron chi connectivity index (χ2n) is 6.72. The van der Waals surface area contributed by atoms with Crippen LogP contribution < -0.4 is 15.0 Å². The number of benzene rings is 2. The molecule has 1 heterocycles. The zero-order valence-corrected chi connectivity index (χ0v) is 17.3. The first-order chi connectivity index (χ1) is 13.4. The molecule has 3 aromatic rings. The number of hydrogen-bond donors (Lipinski definition) is 1. The SMILES string of the molecule is COc1cccc(Cc2nsc(N(C)CC(=O)Nc3ccc(C)c(C)c3)n2)c1. The number of methoxy groups -OCH3 is 1. The Kier molecular flexibility index (Phi) is 6.26. The molecular weight excluding hydrogens is 372 g/mol. The van der Waals surface area contributed by atoms with Crippen molar-refractivity contribution in [3.63, 3.8) is 0 Å². The predicted molar refractivity (Wildman–Crippen MR) is 114 cm³/mol. The van der Waals surface area contributed by atoms with Gasteiger partial charge in [0.1, 0.15) is 11.6 Å². The Balaban J connectivity index is 1.59. The number of amides is 1. The van der Waals surface area contributed by atoms with Crippen LogP contribution in [0.15, 0.2) is 42.5 Å². The van der Waals surface area contributed by atoms with Gasteiger partial charge in [-0.25, -0.2) is 4.98 Å². The molecule has 0 radical (unpaired) electrons. The molecule has 0 fully saturated rings. The molecule has 1 N–H and O–H groups in total. The van der Waals surface area contributed by atoms with E-state index in [1.165, 1.54) is 17.1 Å². The van der Waals surface area contributed by atoms with Crippen LogP contribution in [0.25, 0.3) is 0 Å². The van der Waals surface area contributed by atoms with E-state index in [0.717, 1.165) is 28.4 Å². The molecule has 0 spiro atoms. The summed E-state index contributed by atoms with van der Waals surface area (Å²) in [6.07, 6.45) is 0.621. The minimum Gasteiger partial charge on any atom is -0.497 e. The molecular formula is C21H24N4O2S. The predicted octanol–water partition coefficient (Wildman–Crippen LogP) is 3.83. The van der Waals surface area contributed by atoms with E-state index >= 15 is 0 Å². The molecule has 28 heavy (non-hydrogen) atoms. The van der Waals surface area contributed by atoms with Gasteiger partial charge < -0.3 is 15.0 Å². The largest absolute Gasteiger partial charge is 0.497 e. The summed E-state index contributed by atoms with van der Waals surface area (Å²) in [4.78, 5) is 18.7. The maximum Gasteiger partial charge on any atom is 0.243 e. The van der Waals surface area contributed by atoms with Crippen LogP contribution in [0.3, 0.4) is 0 Å². The monoisotopic (exact) mass is 396 g/mol. The van der Waals surface area contributed by atoms with Crippen LogP contribution in [0.2, 0.25) is 0 Å². The standard InChI is InChI=1S/C21H24N4O2S/c1-14-8-9-17(10-15(14)2)22-20(26)13-25(3)21-23-19(24-28-21)12-16-6-5-7-18(11-16)27-4/h5-11H,12-13H2,1-4H3,(H,22,26). The van der Waals surface area contributed by atoms with Crippen LogP contribution in [0.1, 0.15) is 22.5 Å².